The quantitative estimate of drug-likeness (QED) is 0.180. The predicted octanol–water partition coefficient (Wildman–Crippen LogP) is 4.29. The highest BCUT2D eigenvalue weighted by atomic mass is 16.7. The topological polar surface area (TPSA) is 332 Å². The summed E-state index contributed by atoms with van der Waals surface area (Å²) in [6, 6.07) is 14.2. The van der Waals surface area contributed by atoms with Gasteiger partial charge in [-0.25, -0.2) is 4.79 Å². The van der Waals surface area contributed by atoms with Gasteiger partial charge in [-0.1, -0.05) is 147 Å². The molecular formula is C62H83NO19. The van der Waals surface area contributed by atoms with Crippen LogP contribution in [0.15, 0.2) is 134 Å². The van der Waals surface area contributed by atoms with Gasteiger partial charge < -0.3 is 85.2 Å². The minimum atomic E-state index is -2.43. The van der Waals surface area contributed by atoms with Crippen LogP contribution >= 0.6 is 0 Å². The Morgan fingerprint density at radius 3 is 1.78 bits per heavy atom. The van der Waals surface area contributed by atoms with Crippen LogP contribution in [0.3, 0.4) is 0 Å². The summed E-state index contributed by atoms with van der Waals surface area (Å²) in [4.78, 5) is 39.0. The summed E-state index contributed by atoms with van der Waals surface area (Å²) < 4.78 is 29.5. The van der Waals surface area contributed by atoms with Gasteiger partial charge in [-0.05, 0) is 61.8 Å². The summed E-state index contributed by atoms with van der Waals surface area (Å²) in [6.45, 7) is 6.63. The van der Waals surface area contributed by atoms with Gasteiger partial charge in [-0.15, -0.1) is 0 Å². The van der Waals surface area contributed by atoms with Gasteiger partial charge in [-0.3, -0.25) is 9.59 Å². The predicted molar refractivity (Wildman–Crippen MR) is 301 cm³/mol. The molecule has 450 valence electrons. The number of hydrogen-bond donors (Lipinski definition) is 12. The summed E-state index contributed by atoms with van der Waals surface area (Å²) in [5.41, 5.74) is 3.98. The van der Waals surface area contributed by atoms with Gasteiger partial charge in [0.2, 0.25) is 0 Å². The molecule has 2 aromatic carbocycles. The molecule has 0 spiro atoms. The fraction of sp³-hybridized carbons (Fsp3) is 0.532. The van der Waals surface area contributed by atoms with Crippen LogP contribution in [0.5, 0.6) is 0 Å². The van der Waals surface area contributed by atoms with Crippen LogP contribution in [0.4, 0.5) is 4.79 Å². The van der Waals surface area contributed by atoms with E-state index in [2.05, 4.69) is 5.32 Å². The van der Waals surface area contributed by atoms with Crippen LogP contribution in [0.2, 0.25) is 0 Å². The van der Waals surface area contributed by atoms with Gasteiger partial charge in [0.05, 0.1) is 73.5 Å². The molecular weight excluding hydrogens is 1060 g/mol. The highest BCUT2D eigenvalue weighted by molar-refractivity contribution is 5.79. The zero-order chi connectivity index (χ0) is 59.7. The van der Waals surface area contributed by atoms with E-state index >= 15 is 0 Å². The summed E-state index contributed by atoms with van der Waals surface area (Å²) in [5.74, 6) is -7.41. The molecule has 20 nitrogen and oxygen atoms in total. The third kappa shape index (κ3) is 18.7. The zero-order valence-corrected chi connectivity index (χ0v) is 46.7. The molecule has 19 atom stereocenters. The van der Waals surface area contributed by atoms with Crippen LogP contribution in [0.25, 0.3) is 11.1 Å². The summed E-state index contributed by atoms with van der Waals surface area (Å²) in [5, 5.41) is 124. The smallest absolute Gasteiger partial charge is 0.407 e. The minimum Gasteiger partial charge on any atom is -0.481 e. The molecule has 2 bridgehead atoms. The lowest BCUT2D eigenvalue weighted by atomic mass is 9.82. The van der Waals surface area contributed by atoms with Crippen LogP contribution in [0.1, 0.15) is 96.1 Å². The van der Waals surface area contributed by atoms with E-state index in [1.807, 2.05) is 61.5 Å². The maximum Gasteiger partial charge on any atom is 0.407 e. The third-order valence-corrected chi connectivity index (χ3v) is 15.6. The van der Waals surface area contributed by atoms with Crippen molar-refractivity contribution in [2.24, 2.45) is 17.8 Å². The number of ether oxygens (including phenoxy) is 5. The van der Waals surface area contributed by atoms with Crippen molar-refractivity contribution >= 4 is 18.0 Å². The molecule has 1 aliphatic carbocycles. The molecule has 4 aliphatic rings. The second-order valence-electron chi connectivity index (χ2n) is 22.0. The van der Waals surface area contributed by atoms with Gasteiger partial charge >= 0.3 is 18.0 Å². The van der Waals surface area contributed by atoms with E-state index in [1.54, 1.807) is 86.8 Å². The number of allylic oxidation sites excluding steroid dienone is 12. The van der Waals surface area contributed by atoms with Crippen molar-refractivity contribution in [2.75, 3.05) is 6.61 Å². The number of cyclic esters (lactones) is 1. The number of fused-ring (bicyclic) bond motifs is 5. The highest BCUT2D eigenvalue weighted by Crippen LogP contribution is 2.45. The first-order valence-corrected chi connectivity index (χ1v) is 28.1. The van der Waals surface area contributed by atoms with Crippen molar-refractivity contribution in [1.82, 2.24) is 5.32 Å². The molecule has 20 heteroatoms. The Morgan fingerprint density at radius 1 is 0.634 bits per heavy atom. The van der Waals surface area contributed by atoms with Gasteiger partial charge in [0.15, 0.2) is 12.1 Å². The van der Waals surface area contributed by atoms with Gasteiger partial charge in [0.1, 0.15) is 30.8 Å². The molecule has 2 aromatic rings. The van der Waals surface area contributed by atoms with Gasteiger partial charge in [0.25, 0.3) is 0 Å². The summed E-state index contributed by atoms with van der Waals surface area (Å²) in [6.07, 6.45) is 0.688. The highest BCUT2D eigenvalue weighted by Gasteiger charge is 2.52. The number of aliphatic hydroxyl groups excluding tert-OH is 9. The second-order valence-corrected chi connectivity index (χ2v) is 22.0. The number of nitrogens with one attached hydrogen (secondary N) is 1. The average molecular weight is 1150 g/mol. The summed E-state index contributed by atoms with van der Waals surface area (Å²) >= 11 is 0. The molecule has 1 amide bonds. The SMILES string of the molecule is C[C@@H]1[C@H](O)[C@@H](C)/C=C/C=C/C=C/C=C/C=C/C=C/C=C/[C@H](O[C@@H]2O[C@H](C)[C@@H](O)[C@H](NC(=O)OCC3c4ccccc4-c4ccccc43)[C@@H]2O)C[C@@H]2O[C@](O)(C[C@@H](O)[C@H](O)CC[C@@H](O)C[C@@H](O)C[C@@H](O)CC(=O)O[C@H]1C)C[C@H](O)[C@H]2C(=O)O. The lowest BCUT2D eigenvalue weighted by Gasteiger charge is -2.45. The fourth-order valence-electron chi connectivity index (χ4n) is 10.9. The zero-order valence-electron chi connectivity index (χ0n) is 46.7. The normalized spacial score (nSPS) is 38.9. The molecule has 0 radical (unpaired) electrons. The van der Waals surface area contributed by atoms with Gasteiger partial charge in [-0.2, -0.15) is 0 Å². The van der Waals surface area contributed by atoms with Crippen molar-refractivity contribution in [3.8, 4) is 11.1 Å². The molecule has 2 saturated heterocycles. The van der Waals surface area contributed by atoms with E-state index in [-0.39, 0.29) is 44.1 Å². The number of carboxylic acids is 1. The monoisotopic (exact) mass is 1150 g/mol. The van der Waals surface area contributed by atoms with Crippen molar-refractivity contribution in [1.29, 1.82) is 0 Å². The van der Waals surface area contributed by atoms with Gasteiger partial charge in [0, 0.05) is 37.0 Å². The Kier molecular flexibility index (Phi) is 25.0. The van der Waals surface area contributed by atoms with Crippen LogP contribution in [0, 0.1) is 17.8 Å². The second kappa shape index (κ2) is 31.3. The Morgan fingerprint density at radius 2 is 1.18 bits per heavy atom. The van der Waals surface area contributed by atoms with E-state index in [0.717, 1.165) is 22.3 Å². The largest absolute Gasteiger partial charge is 0.481 e. The van der Waals surface area contributed by atoms with E-state index in [0.29, 0.717) is 0 Å². The first kappa shape index (κ1) is 65.5. The Labute approximate surface area is 478 Å². The van der Waals surface area contributed by atoms with Crippen molar-refractivity contribution < 1.29 is 94.2 Å². The molecule has 0 saturated carbocycles. The minimum absolute atomic E-state index is 0.0566. The maximum absolute atomic E-state index is 13.5. The lowest BCUT2D eigenvalue weighted by molar-refractivity contribution is -0.310. The van der Waals surface area contributed by atoms with Crippen molar-refractivity contribution in [3.63, 3.8) is 0 Å². The van der Waals surface area contributed by atoms with Crippen LogP contribution in [-0.4, -0.2) is 178 Å². The van der Waals surface area contributed by atoms with E-state index in [1.165, 1.54) is 13.0 Å². The van der Waals surface area contributed by atoms with E-state index in [9.17, 15) is 70.6 Å². The number of esters is 1. The molecule has 3 aliphatic heterocycles. The van der Waals surface area contributed by atoms with Crippen molar-refractivity contribution in [3.05, 3.63) is 145 Å². The Bertz CT molecular complexity index is 2550. The number of aliphatic carboxylic acids is 1. The van der Waals surface area contributed by atoms with E-state index in [4.69, 9.17) is 23.7 Å². The molecule has 2 fully saturated rings. The summed E-state index contributed by atoms with van der Waals surface area (Å²) in [7, 11) is 0. The Balaban J connectivity index is 1.19. The molecule has 12 N–H and O–H groups in total. The number of aliphatic hydroxyl groups is 10. The first-order valence-electron chi connectivity index (χ1n) is 28.1. The standard InChI is InChI=1S/C62H83NO19/c1-36-21-15-13-11-9-7-5-6-8-10-12-14-16-22-43(81-60-58(73)55(57(72)39(4)80-60)63-61(76)78-35-48-46-25-19-17-23-44(46)45-24-18-20-26-47(45)48)32-52-54(59(74)75)51(69)34-62(77,82-52)33-50(68)49(67)28-27-40(64)29-41(65)30-42(66)31-53(70)79-38(3)37(2)56(36)71/h5-26,36-43,48-52,54-58,60,64-69,71-73,77H,27-35H2,1-4H3,(H,63,76)(H,74,75)/b6-5+,9-7+,10-8+,13-11+,14-12+,21-15+,22-16+/t36-,37-,38-,39+,40+,41+,42+,43-,49+,50+,51-,52-,54+,55-,56+,57+,58-,60-,62+/m0/s1. The van der Waals surface area contributed by atoms with Crippen molar-refractivity contribution in [2.45, 2.75) is 182 Å². The maximum atomic E-state index is 13.5. The van der Waals surface area contributed by atoms with Crippen LogP contribution < -0.4 is 5.32 Å². The number of amides is 1. The molecule has 0 unspecified atom stereocenters. The number of hydrogen-bond acceptors (Lipinski definition) is 18. The van der Waals surface area contributed by atoms with E-state index < -0.39 is 153 Å². The number of carboxylic acid groups (broad SMARTS) is 1. The average Bonchev–Trinajstić information content (AvgIpc) is 3.15. The number of rotatable bonds is 6. The third-order valence-electron chi connectivity index (χ3n) is 15.6. The lowest BCUT2D eigenvalue weighted by Crippen LogP contribution is -2.64. The molecule has 6 rings (SSSR count). The number of benzene rings is 2. The molecule has 0 aromatic heterocycles. The van der Waals surface area contributed by atoms with Crippen LogP contribution in [-0.2, 0) is 33.3 Å². The fourth-order valence-corrected chi connectivity index (χ4v) is 10.9. The number of alkyl carbamates (subject to hydrolysis) is 1. The molecule has 82 heavy (non-hydrogen) atoms. The number of carbonyl (C=O) groups excluding carboxylic acids is 2. The Hall–Kier alpha value is -5.69. The first-order chi connectivity index (χ1) is 39.0. The number of carbonyl (C=O) groups is 3. The molecule has 3 heterocycles.